The number of hydrogen-bond acceptors (Lipinski definition) is 4. The summed E-state index contributed by atoms with van der Waals surface area (Å²) in [5, 5.41) is 1.11. The van der Waals surface area contributed by atoms with E-state index in [1.165, 1.54) is 0 Å². The van der Waals surface area contributed by atoms with Gasteiger partial charge >= 0.3 is 0 Å². The minimum absolute atomic E-state index is 0.184. The van der Waals surface area contributed by atoms with E-state index in [9.17, 15) is 9.59 Å². The average molecular weight is 431 g/mol. The molecule has 32 heavy (non-hydrogen) atoms. The molecule has 0 N–H and O–H groups in total. The smallest absolute Gasteiger partial charge is 0.161 e. The SMILES string of the molecule is C=CCn1cc(C2C3=C(CCCC3=O)N(CCOC)C3=C2C(=O)CCC3)c2ccccc21. The van der Waals surface area contributed by atoms with Gasteiger partial charge in [-0.3, -0.25) is 9.59 Å². The highest BCUT2D eigenvalue weighted by Crippen LogP contribution is 2.50. The van der Waals surface area contributed by atoms with Crippen molar-refractivity contribution >= 4 is 22.5 Å². The van der Waals surface area contributed by atoms with Crippen molar-refractivity contribution < 1.29 is 14.3 Å². The fourth-order valence-electron chi connectivity index (χ4n) is 5.78. The summed E-state index contributed by atoms with van der Waals surface area (Å²) in [7, 11) is 1.70. The van der Waals surface area contributed by atoms with Crippen LogP contribution in [0, 0.1) is 0 Å². The van der Waals surface area contributed by atoms with E-state index in [1.54, 1.807) is 7.11 Å². The number of carbonyl (C=O) groups is 2. The summed E-state index contributed by atoms with van der Waals surface area (Å²) in [5.41, 5.74) is 6.07. The second-order valence-corrected chi connectivity index (χ2v) is 8.89. The van der Waals surface area contributed by atoms with Crippen molar-refractivity contribution in [3.63, 3.8) is 0 Å². The maximum Gasteiger partial charge on any atom is 0.161 e. The molecule has 0 saturated heterocycles. The molecule has 0 saturated carbocycles. The van der Waals surface area contributed by atoms with Crippen LogP contribution < -0.4 is 0 Å². The van der Waals surface area contributed by atoms with Crippen LogP contribution in [0.15, 0.2) is 65.7 Å². The van der Waals surface area contributed by atoms with Crippen molar-refractivity contribution in [2.45, 2.75) is 51.0 Å². The molecule has 0 amide bonds. The average Bonchev–Trinajstić information content (AvgIpc) is 3.16. The molecule has 0 bridgehead atoms. The first-order valence-electron chi connectivity index (χ1n) is 11.6. The van der Waals surface area contributed by atoms with Crippen LogP contribution in [0.1, 0.15) is 50.0 Å². The zero-order valence-corrected chi connectivity index (χ0v) is 18.7. The van der Waals surface area contributed by atoms with Gasteiger partial charge in [-0.15, -0.1) is 6.58 Å². The summed E-state index contributed by atoms with van der Waals surface area (Å²) in [4.78, 5) is 29.1. The van der Waals surface area contributed by atoms with Crippen LogP contribution in [-0.2, 0) is 20.9 Å². The Labute approximate surface area is 189 Å². The number of aromatic nitrogens is 1. The molecule has 1 aromatic heterocycles. The molecule has 2 heterocycles. The standard InChI is InChI=1S/C27H30N2O3/c1-3-14-28-17-19(18-8-4-5-9-20(18)28)25-26-21(10-6-12-23(26)30)29(15-16-32-2)22-11-7-13-24(31)27(22)25/h3-5,8-9,17,25H,1,6-7,10-16H2,2H3. The third-order valence-electron chi connectivity index (χ3n) is 7.06. The van der Waals surface area contributed by atoms with Gasteiger partial charge in [0.25, 0.3) is 0 Å². The van der Waals surface area contributed by atoms with Crippen molar-refractivity contribution in [1.82, 2.24) is 9.47 Å². The molecule has 5 rings (SSSR count). The van der Waals surface area contributed by atoms with Gasteiger partial charge in [0, 0.05) is 78.6 Å². The second-order valence-electron chi connectivity index (χ2n) is 8.89. The number of carbonyl (C=O) groups excluding carboxylic acids is 2. The molecule has 0 unspecified atom stereocenters. The summed E-state index contributed by atoms with van der Waals surface area (Å²) in [6.07, 6.45) is 8.60. The molecule has 5 nitrogen and oxygen atoms in total. The van der Waals surface area contributed by atoms with Crippen LogP contribution in [0.25, 0.3) is 10.9 Å². The van der Waals surface area contributed by atoms with Crippen molar-refractivity contribution in [3.8, 4) is 0 Å². The predicted molar refractivity (Wildman–Crippen MR) is 125 cm³/mol. The monoisotopic (exact) mass is 430 g/mol. The number of hydrogen-bond donors (Lipinski definition) is 0. The van der Waals surface area contributed by atoms with Gasteiger partial charge in [-0.25, -0.2) is 0 Å². The van der Waals surface area contributed by atoms with E-state index in [-0.39, 0.29) is 17.5 Å². The van der Waals surface area contributed by atoms with Gasteiger partial charge in [0.15, 0.2) is 11.6 Å². The molecule has 3 aliphatic rings. The van der Waals surface area contributed by atoms with E-state index in [2.05, 4.69) is 34.4 Å². The molecular formula is C27H30N2O3. The van der Waals surface area contributed by atoms with Gasteiger partial charge in [-0.1, -0.05) is 24.3 Å². The largest absolute Gasteiger partial charge is 0.383 e. The Morgan fingerprint density at radius 2 is 1.69 bits per heavy atom. The van der Waals surface area contributed by atoms with Gasteiger partial charge in [-0.05, 0) is 37.3 Å². The zero-order valence-electron chi connectivity index (χ0n) is 18.7. The number of nitrogens with zero attached hydrogens (tertiary/aromatic N) is 2. The maximum absolute atomic E-state index is 13.4. The van der Waals surface area contributed by atoms with Crippen molar-refractivity contribution in [2.75, 3.05) is 20.3 Å². The molecule has 2 aliphatic carbocycles. The third-order valence-corrected chi connectivity index (χ3v) is 7.06. The first kappa shape index (κ1) is 21.0. The first-order valence-corrected chi connectivity index (χ1v) is 11.6. The van der Waals surface area contributed by atoms with Crippen molar-refractivity contribution in [1.29, 1.82) is 0 Å². The predicted octanol–water partition coefficient (Wildman–Crippen LogP) is 4.89. The lowest BCUT2D eigenvalue weighted by Gasteiger charge is -2.43. The Bertz CT molecular complexity index is 1120. The van der Waals surface area contributed by atoms with E-state index in [1.807, 2.05) is 18.2 Å². The number of fused-ring (bicyclic) bond motifs is 1. The Kier molecular flexibility index (Phi) is 5.60. The Morgan fingerprint density at radius 3 is 2.31 bits per heavy atom. The zero-order chi connectivity index (χ0) is 22.2. The molecule has 2 aromatic rings. The van der Waals surface area contributed by atoms with E-state index in [4.69, 9.17) is 4.74 Å². The van der Waals surface area contributed by atoms with Crippen LogP contribution in [0.2, 0.25) is 0 Å². The number of allylic oxidation sites excluding steroid dienone is 5. The fraction of sp³-hybridized carbons (Fsp3) is 0.407. The minimum Gasteiger partial charge on any atom is -0.383 e. The Morgan fingerprint density at radius 1 is 1.03 bits per heavy atom. The van der Waals surface area contributed by atoms with Gasteiger partial charge in [0.1, 0.15) is 0 Å². The number of benzene rings is 1. The van der Waals surface area contributed by atoms with Crippen LogP contribution in [0.3, 0.4) is 0 Å². The van der Waals surface area contributed by atoms with Crippen LogP contribution in [-0.4, -0.2) is 41.3 Å². The summed E-state index contributed by atoms with van der Waals surface area (Å²) in [5.74, 6) is 0.0867. The van der Waals surface area contributed by atoms with Gasteiger partial charge in [0.2, 0.25) is 0 Å². The van der Waals surface area contributed by atoms with Crippen molar-refractivity contribution in [3.05, 3.63) is 71.2 Å². The third kappa shape index (κ3) is 3.27. The summed E-state index contributed by atoms with van der Waals surface area (Å²) in [6, 6.07) is 8.29. The number of methoxy groups -OCH3 is 1. The van der Waals surface area contributed by atoms with Gasteiger partial charge in [-0.2, -0.15) is 0 Å². The molecule has 0 spiro atoms. The second kappa shape index (κ2) is 8.55. The molecule has 5 heteroatoms. The molecule has 1 aromatic carbocycles. The number of para-hydroxylation sites is 1. The van der Waals surface area contributed by atoms with Gasteiger partial charge in [0.05, 0.1) is 6.61 Å². The highest BCUT2D eigenvalue weighted by Gasteiger charge is 2.43. The molecule has 166 valence electrons. The van der Waals surface area contributed by atoms with E-state index >= 15 is 0 Å². The quantitative estimate of drug-likeness (QED) is 0.613. The molecule has 1 aliphatic heterocycles. The Balaban J connectivity index is 1.78. The minimum atomic E-state index is -0.282. The van der Waals surface area contributed by atoms with Crippen LogP contribution in [0.5, 0.6) is 0 Å². The van der Waals surface area contributed by atoms with Crippen LogP contribution >= 0.6 is 0 Å². The summed E-state index contributed by atoms with van der Waals surface area (Å²) < 4.78 is 7.56. The highest BCUT2D eigenvalue weighted by molar-refractivity contribution is 6.07. The fourth-order valence-corrected chi connectivity index (χ4v) is 5.78. The summed E-state index contributed by atoms with van der Waals surface area (Å²) in [6.45, 7) is 5.85. The lowest BCUT2D eigenvalue weighted by Crippen LogP contribution is -2.40. The first-order chi connectivity index (χ1) is 15.7. The molecular weight excluding hydrogens is 400 g/mol. The van der Waals surface area contributed by atoms with Crippen molar-refractivity contribution in [2.24, 2.45) is 0 Å². The topological polar surface area (TPSA) is 51.5 Å². The van der Waals surface area contributed by atoms with Gasteiger partial charge < -0.3 is 14.2 Å². The lowest BCUT2D eigenvalue weighted by atomic mass is 9.71. The van der Waals surface area contributed by atoms with Crippen LogP contribution in [0.4, 0.5) is 0 Å². The van der Waals surface area contributed by atoms with E-state index in [0.717, 1.165) is 64.7 Å². The molecule has 0 radical (unpaired) electrons. The normalized spacial score (nSPS) is 19.6. The summed E-state index contributed by atoms with van der Waals surface area (Å²) >= 11 is 0. The molecule has 0 atom stereocenters. The Hall–Kier alpha value is -2.92. The number of Topliss-reactive ketones (excluding diaryl/α,β-unsaturated/α-hetero) is 2. The van der Waals surface area contributed by atoms with E-state index in [0.29, 0.717) is 32.5 Å². The molecule has 0 fully saturated rings. The number of ketones is 2. The highest BCUT2D eigenvalue weighted by atomic mass is 16.5. The van der Waals surface area contributed by atoms with E-state index < -0.39 is 0 Å². The number of ether oxygens (including phenoxy) is 1. The maximum atomic E-state index is 13.4. The number of rotatable bonds is 6. The lowest BCUT2D eigenvalue weighted by molar-refractivity contribution is -0.117.